The number of carbonyl (C=O) groups is 1. The lowest BCUT2D eigenvalue weighted by molar-refractivity contribution is -0.113. The third-order valence-electron chi connectivity index (χ3n) is 1.68. The van der Waals surface area contributed by atoms with Gasteiger partial charge in [0.2, 0.25) is 0 Å². The van der Waals surface area contributed by atoms with Crippen molar-refractivity contribution in [1.29, 1.82) is 0 Å². The Balaban J connectivity index is 2.50. The van der Waals surface area contributed by atoms with Crippen LogP contribution in [0, 0.1) is 0 Å². The first kappa shape index (κ1) is 7.61. The summed E-state index contributed by atoms with van der Waals surface area (Å²) in [5.41, 5.74) is 1.33. The molecule has 0 aromatic carbocycles. The Labute approximate surface area is 77.7 Å². The molecule has 1 aliphatic heterocycles. The molecular weight excluding hydrogens is 220 g/mol. The van der Waals surface area contributed by atoms with Crippen molar-refractivity contribution in [3.05, 3.63) is 23.8 Å². The maximum atomic E-state index is 11.2. The number of amides is 1. The first-order valence-electron chi connectivity index (χ1n) is 3.46. The zero-order valence-electron chi connectivity index (χ0n) is 6.07. The van der Waals surface area contributed by atoms with Crippen LogP contribution >= 0.6 is 15.9 Å². The van der Waals surface area contributed by atoms with E-state index in [1.54, 1.807) is 6.08 Å². The van der Waals surface area contributed by atoms with E-state index in [-0.39, 0.29) is 10.7 Å². The third kappa shape index (κ3) is 1.08. The molecule has 4 heteroatoms. The van der Waals surface area contributed by atoms with E-state index >= 15 is 0 Å². The van der Waals surface area contributed by atoms with E-state index in [1.165, 1.54) is 6.34 Å². The molecule has 0 aromatic heterocycles. The van der Waals surface area contributed by atoms with Crippen LogP contribution < -0.4 is 0 Å². The highest BCUT2D eigenvalue weighted by atomic mass is 79.9. The molecule has 0 N–H and O–H groups in total. The molecule has 3 nitrogen and oxygen atoms in total. The number of fused-ring (bicyclic) bond motifs is 1. The minimum atomic E-state index is -0.214. The van der Waals surface area contributed by atoms with Crippen molar-refractivity contribution < 1.29 is 4.79 Å². The van der Waals surface area contributed by atoms with Gasteiger partial charge < -0.3 is 0 Å². The van der Waals surface area contributed by atoms with Gasteiger partial charge in [-0.05, 0) is 6.08 Å². The summed E-state index contributed by atoms with van der Waals surface area (Å²) in [6, 6.07) is 0. The number of allylic oxidation sites excluding steroid dienone is 3. The largest absolute Gasteiger partial charge is 0.280 e. The van der Waals surface area contributed by atoms with Crippen LogP contribution in [0.25, 0.3) is 0 Å². The van der Waals surface area contributed by atoms with E-state index < -0.39 is 0 Å². The predicted molar refractivity (Wildman–Crippen MR) is 50.9 cm³/mol. The summed E-state index contributed by atoms with van der Waals surface area (Å²) >= 11 is 3.39. The Hall–Kier alpha value is -1.03. The average Bonchev–Trinajstić information content (AvgIpc) is 2.07. The number of rotatable bonds is 0. The monoisotopic (exact) mass is 224 g/mol. The van der Waals surface area contributed by atoms with Crippen LogP contribution in [0.3, 0.4) is 0 Å². The summed E-state index contributed by atoms with van der Waals surface area (Å²) in [7, 11) is 0. The number of alkyl halides is 1. The number of halogens is 1. The Morgan fingerprint density at radius 1 is 1.50 bits per heavy atom. The predicted octanol–water partition coefficient (Wildman–Crippen LogP) is 1.26. The fourth-order valence-corrected chi connectivity index (χ4v) is 1.65. The fourth-order valence-electron chi connectivity index (χ4n) is 1.11. The van der Waals surface area contributed by atoms with E-state index in [4.69, 9.17) is 0 Å². The summed E-state index contributed by atoms with van der Waals surface area (Å²) in [5, 5.41) is 0. The van der Waals surface area contributed by atoms with Crippen LogP contribution in [0.1, 0.15) is 0 Å². The van der Waals surface area contributed by atoms with Crippen molar-refractivity contribution in [3.63, 3.8) is 0 Å². The highest BCUT2D eigenvalue weighted by molar-refractivity contribution is 9.10. The van der Waals surface area contributed by atoms with Crippen LogP contribution in [0.5, 0.6) is 0 Å². The molecule has 2 rings (SSSR count). The number of hydrogen-bond donors (Lipinski definition) is 0. The summed E-state index contributed by atoms with van der Waals surface area (Å²) in [4.78, 5) is 18.8. The first-order valence-corrected chi connectivity index (χ1v) is 4.38. The van der Waals surface area contributed by atoms with Crippen molar-refractivity contribution in [2.24, 2.45) is 9.98 Å². The highest BCUT2D eigenvalue weighted by Gasteiger charge is 2.24. The van der Waals surface area contributed by atoms with E-state index in [2.05, 4.69) is 25.9 Å². The Kier molecular flexibility index (Phi) is 1.77. The van der Waals surface area contributed by atoms with Gasteiger partial charge in [-0.15, -0.1) is 0 Å². The van der Waals surface area contributed by atoms with Crippen molar-refractivity contribution in [3.8, 4) is 0 Å². The lowest BCUT2D eigenvalue weighted by Gasteiger charge is -2.15. The lowest BCUT2D eigenvalue weighted by atomic mass is 10.0. The van der Waals surface area contributed by atoms with Gasteiger partial charge in [0.05, 0.1) is 16.1 Å². The number of aliphatic imine (C=N–C) groups is 2. The molecule has 1 unspecified atom stereocenters. The third-order valence-corrected chi connectivity index (χ3v) is 2.42. The standard InChI is InChI=1S/C8H5BrN2O/c9-6-3-1-2-5-7(6)10-4-11-8(5)12/h1-4,6H. The van der Waals surface area contributed by atoms with E-state index in [1.807, 2.05) is 12.2 Å². The van der Waals surface area contributed by atoms with Gasteiger partial charge in [-0.1, -0.05) is 28.1 Å². The van der Waals surface area contributed by atoms with Crippen molar-refractivity contribution >= 4 is 33.9 Å². The molecular formula is C8H5BrN2O. The highest BCUT2D eigenvalue weighted by Crippen LogP contribution is 2.19. The molecule has 1 amide bonds. The van der Waals surface area contributed by atoms with Gasteiger partial charge >= 0.3 is 0 Å². The second-order valence-corrected chi connectivity index (χ2v) is 3.42. The second kappa shape index (κ2) is 2.79. The summed E-state index contributed by atoms with van der Waals surface area (Å²) in [5.74, 6) is -0.214. The lowest BCUT2D eigenvalue weighted by Crippen LogP contribution is -2.24. The SMILES string of the molecule is O=C1N=CN=C2C1=CC=CC2Br. The van der Waals surface area contributed by atoms with Gasteiger partial charge in [-0.2, -0.15) is 4.99 Å². The summed E-state index contributed by atoms with van der Waals surface area (Å²) in [6.07, 6.45) is 6.78. The zero-order chi connectivity index (χ0) is 8.55. The Morgan fingerprint density at radius 3 is 3.08 bits per heavy atom. The van der Waals surface area contributed by atoms with E-state index in [0.717, 1.165) is 5.71 Å². The molecule has 0 fully saturated rings. The van der Waals surface area contributed by atoms with E-state index in [0.29, 0.717) is 5.57 Å². The molecule has 0 spiro atoms. The first-order chi connectivity index (χ1) is 5.79. The Bertz CT molecular complexity index is 352. The van der Waals surface area contributed by atoms with Crippen LogP contribution in [0.2, 0.25) is 0 Å². The number of nitrogens with zero attached hydrogens (tertiary/aromatic N) is 2. The fraction of sp³-hybridized carbons (Fsp3) is 0.125. The van der Waals surface area contributed by atoms with E-state index in [9.17, 15) is 4.79 Å². The van der Waals surface area contributed by atoms with Gasteiger partial charge in [0.15, 0.2) is 0 Å². The smallest absolute Gasteiger partial charge is 0.267 e. The minimum Gasteiger partial charge on any atom is -0.267 e. The molecule has 2 aliphatic rings. The quantitative estimate of drug-likeness (QED) is 0.572. The maximum Gasteiger partial charge on any atom is 0.280 e. The van der Waals surface area contributed by atoms with Crippen molar-refractivity contribution in [2.75, 3.05) is 0 Å². The second-order valence-electron chi connectivity index (χ2n) is 2.43. The zero-order valence-corrected chi connectivity index (χ0v) is 7.65. The van der Waals surface area contributed by atoms with Crippen molar-refractivity contribution in [1.82, 2.24) is 0 Å². The minimum absolute atomic E-state index is 0.0354. The van der Waals surface area contributed by atoms with Crippen LogP contribution in [0.4, 0.5) is 0 Å². The molecule has 1 aliphatic carbocycles. The topological polar surface area (TPSA) is 41.8 Å². The number of carbonyl (C=O) groups excluding carboxylic acids is 1. The molecule has 1 heterocycles. The van der Waals surface area contributed by atoms with Gasteiger partial charge in [0.25, 0.3) is 5.91 Å². The molecule has 0 saturated heterocycles. The molecule has 0 saturated carbocycles. The molecule has 12 heavy (non-hydrogen) atoms. The van der Waals surface area contributed by atoms with Crippen LogP contribution in [-0.2, 0) is 4.79 Å². The molecule has 1 atom stereocenters. The number of hydrogen-bond acceptors (Lipinski definition) is 2. The molecule has 60 valence electrons. The van der Waals surface area contributed by atoms with Gasteiger partial charge in [0.1, 0.15) is 6.34 Å². The average molecular weight is 225 g/mol. The van der Waals surface area contributed by atoms with Gasteiger partial charge in [-0.3, -0.25) is 4.79 Å². The maximum absolute atomic E-state index is 11.2. The van der Waals surface area contributed by atoms with Gasteiger partial charge in [-0.25, -0.2) is 4.99 Å². The molecule has 0 aromatic rings. The normalized spacial score (nSPS) is 26.4. The molecule has 0 bridgehead atoms. The van der Waals surface area contributed by atoms with Crippen molar-refractivity contribution in [2.45, 2.75) is 4.83 Å². The van der Waals surface area contributed by atoms with Crippen LogP contribution in [-0.4, -0.2) is 22.8 Å². The molecule has 0 radical (unpaired) electrons. The summed E-state index contributed by atoms with van der Waals surface area (Å²) < 4.78 is 0. The van der Waals surface area contributed by atoms with Crippen LogP contribution in [0.15, 0.2) is 33.8 Å². The Morgan fingerprint density at radius 2 is 2.33 bits per heavy atom. The summed E-state index contributed by atoms with van der Waals surface area (Å²) in [6.45, 7) is 0. The van der Waals surface area contributed by atoms with Gasteiger partial charge in [0, 0.05) is 0 Å².